The molecule has 0 heterocycles. The minimum absolute atomic E-state index is 0.0393. The molecule has 0 aromatic carbocycles. The lowest BCUT2D eigenvalue weighted by atomic mass is 9.67. The molecule has 1 fully saturated rings. The van der Waals surface area contributed by atoms with Gasteiger partial charge in [-0.3, -0.25) is 4.79 Å². The third-order valence-corrected chi connectivity index (χ3v) is 3.27. The molecule has 0 aromatic heterocycles. The Bertz CT molecular complexity index is 194. The first-order valence-electron chi connectivity index (χ1n) is 5.51. The number of hydrogen-bond acceptors (Lipinski definition) is 3. The molecule has 0 aliphatic heterocycles. The molecule has 0 radical (unpaired) electrons. The van der Waals surface area contributed by atoms with Gasteiger partial charge >= 0.3 is 5.97 Å². The van der Waals surface area contributed by atoms with E-state index in [1.54, 1.807) is 0 Å². The van der Waals surface area contributed by atoms with Crippen molar-refractivity contribution in [3.8, 4) is 0 Å². The zero-order chi connectivity index (χ0) is 10.6. The van der Waals surface area contributed by atoms with Crippen LogP contribution in [0.3, 0.4) is 0 Å². The van der Waals surface area contributed by atoms with Crippen LogP contribution >= 0.6 is 0 Å². The van der Waals surface area contributed by atoms with Crippen LogP contribution in [0.4, 0.5) is 0 Å². The third kappa shape index (κ3) is 2.71. The molecule has 0 spiro atoms. The van der Waals surface area contributed by atoms with Gasteiger partial charge in [0.15, 0.2) is 0 Å². The molecule has 0 saturated heterocycles. The lowest BCUT2D eigenvalue weighted by molar-refractivity contribution is -0.152. The van der Waals surface area contributed by atoms with Crippen molar-refractivity contribution < 1.29 is 9.53 Å². The molecule has 0 amide bonds. The van der Waals surface area contributed by atoms with Crippen LogP contribution in [0.15, 0.2) is 0 Å². The van der Waals surface area contributed by atoms with Crippen LogP contribution in [0, 0.1) is 5.41 Å². The fourth-order valence-corrected chi connectivity index (χ4v) is 1.79. The highest BCUT2D eigenvalue weighted by atomic mass is 16.5. The molecule has 1 aliphatic carbocycles. The number of hydrogen-bond donors (Lipinski definition) is 1. The van der Waals surface area contributed by atoms with Crippen LogP contribution in [0.1, 0.15) is 46.0 Å². The van der Waals surface area contributed by atoms with E-state index in [1.807, 2.05) is 13.8 Å². The first-order chi connectivity index (χ1) is 6.62. The first-order valence-corrected chi connectivity index (χ1v) is 5.51. The minimum atomic E-state index is -0.0792. The van der Waals surface area contributed by atoms with Crippen LogP contribution in [0.25, 0.3) is 0 Å². The van der Waals surface area contributed by atoms with Gasteiger partial charge in [0.25, 0.3) is 0 Å². The number of carbonyl (C=O) groups excluding carboxylic acids is 1. The fraction of sp³-hybridized carbons (Fsp3) is 0.909. The predicted octanol–water partition coefficient (Wildman–Crippen LogP) is 1.85. The van der Waals surface area contributed by atoms with Gasteiger partial charge in [-0.15, -0.1) is 0 Å². The maximum atomic E-state index is 11.5. The molecular formula is C11H21NO2. The summed E-state index contributed by atoms with van der Waals surface area (Å²) in [5.41, 5.74) is 5.75. The summed E-state index contributed by atoms with van der Waals surface area (Å²) >= 11 is 0. The Morgan fingerprint density at radius 2 is 2.21 bits per heavy atom. The zero-order valence-electron chi connectivity index (χ0n) is 9.21. The lowest BCUT2D eigenvalue weighted by Crippen LogP contribution is -2.39. The topological polar surface area (TPSA) is 52.3 Å². The van der Waals surface area contributed by atoms with E-state index in [4.69, 9.17) is 10.5 Å². The standard InChI is InChI=1S/C11H21NO2/c1-3-9(2)14-10(13)7-11(8-12)5-4-6-11/h9H,3-8,12H2,1-2H3. The van der Waals surface area contributed by atoms with Crippen LogP contribution < -0.4 is 5.73 Å². The monoisotopic (exact) mass is 199 g/mol. The van der Waals surface area contributed by atoms with Crippen molar-refractivity contribution in [2.24, 2.45) is 11.1 Å². The van der Waals surface area contributed by atoms with Gasteiger partial charge in [0.1, 0.15) is 0 Å². The van der Waals surface area contributed by atoms with Crippen molar-refractivity contribution in [1.82, 2.24) is 0 Å². The van der Waals surface area contributed by atoms with E-state index in [0.717, 1.165) is 19.3 Å². The van der Waals surface area contributed by atoms with Gasteiger partial charge in [0, 0.05) is 0 Å². The van der Waals surface area contributed by atoms with Crippen molar-refractivity contribution >= 4 is 5.97 Å². The highest BCUT2D eigenvalue weighted by Crippen LogP contribution is 2.43. The maximum absolute atomic E-state index is 11.5. The van der Waals surface area contributed by atoms with Crippen LogP contribution in [-0.4, -0.2) is 18.6 Å². The molecule has 3 heteroatoms. The summed E-state index contributed by atoms with van der Waals surface area (Å²) in [6.07, 6.45) is 4.79. The molecule has 1 unspecified atom stereocenters. The first kappa shape index (κ1) is 11.5. The van der Waals surface area contributed by atoms with Gasteiger partial charge in [-0.25, -0.2) is 0 Å². The molecular weight excluding hydrogens is 178 g/mol. The van der Waals surface area contributed by atoms with Crippen LogP contribution in [0.5, 0.6) is 0 Å². The predicted molar refractivity (Wildman–Crippen MR) is 55.8 cm³/mol. The Morgan fingerprint density at radius 3 is 2.57 bits per heavy atom. The summed E-state index contributed by atoms with van der Waals surface area (Å²) in [6.45, 7) is 4.55. The second-order valence-electron chi connectivity index (χ2n) is 4.44. The number of esters is 1. The quantitative estimate of drug-likeness (QED) is 0.687. The molecule has 2 N–H and O–H groups in total. The molecule has 14 heavy (non-hydrogen) atoms. The summed E-state index contributed by atoms with van der Waals surface area (Å²) in [7, 11) is 0. The Hall–Kier alpha value is -0.570. The second-order valence-corrected chi connectivity index (χ2v) is 4.44. The van der Waals surface area contributed by atoms with E-state index >= 15 is 0 Å². The van der Waals surface area contributed by atoms with Gasteiger partial charge in [-0.1, -0.05) is 13.3 Å². The molecule has 1 atom stereocenters. The molecule has 0 bridgehead atoms. The summed E-state index contributed by atoms with van der Waals surface area (Å²) in [6, 6.07) is 0. The Kier molecular flexibility index (Phi) is 3.93. The Balaban J connectivity index is 2.32. The van der Waals surface area contributed by atoms with Crippen molar-refractivity contribution in [3.63, 3.8) is 0 Å². The van der Waals surface area contributed by atoms with Crippen molar-refractivity contribution in [1.29, 1.82) is 0 Å². The van der Waals surface area contributed by atoms with Gasteiger partial charge in [-0.2, -0.15) is 0 Å². The normalized spacial score (nSPS) is 21.1. The number of carbonyl (C=O) groups is 1. The van der Waals surface area contributed by atoms with Gasteiger partial charge in [0.05, 0.1) is 12.5 Å². The summed E-state index contributed by atoms with van der Waals surface area (Å²) in [5.74, 6) is -0.0792. The molecule has 82 valence electrons. The SMILES string of the molecule is CCC(C)OC(=O)CC1(CN)CCC1. The maximum Gasteiger partial charge on any atom is 0.306 e. The smallest absolute Gasteiger partial charge is 0.306 e. The number of rotatable bonds is 5. The van der Waals surface area contributed by atoms with Gasteiger partial charge < -0.3 is 10.5 Å². The van der Waals surface area contributed by atoms with E-state index in [1.165, 1.54) is 6.42 Å². The van der Waals surface area contributed by atoms with E-state index < -0.39 is 0 Å². The summed E-state index contributed by atoms with van der Waals surface area (Å²) in [5, 5.41) is 0. The summed E-state index contributed by atoms with van der Waals surface area (Å²) < 4.78 is 5.24. The largest absolute Gasteiger partial charge is 0.463 e. The van der Waals surface area contributed by atoms with Crippen molar-refractivity contribution in [2.75, 3.05) is 6.54 Å². The average molecular weight is 199 g/mol. The molecule has 0 aromatic rings. The summed E-state index contributed by atoms with van der Waals surface area (Å²) in [4.78, 5) is 11.5. The van der Waals surface area contributed by atoms with Crippen molar-refractivity contribution in [3.05, 3.63) is 0 Å². The molecule has 1 aliphatic rings. The minimum Gasteiger partial charge on any atom is -0.463 e. The van der Waals surface area contributed by atoms with Crippen molar-refractivity contribution in [2.45, 2.75) is 52.1 Å². The average Bonchev–Trinajstić information content (AvgIpc) is 2.11. The number of nitrogens with two attached hydrogens (primary N) is 1. The lowest BCUT2D eigenvalue weighted by Gasteiger charge is -2.40. The van der Waals surface area contributed by atoms with E-state index in [2.05, 4.69) is 0 Å². The van der Waals surface area contributed by atoms with Crippen LogP contribution in [0.2, 0.25) is 0 Å². The van der Waals surface area contributed by atoms with Gasteiger partial charge in [-0.05, 0) is 38.1 Å². The Morgan fingerprint density at radius 1 is 1.57 bits per heavy atom. The number of ether oxygens (including phenoxy) is 1. The van der Waals surface area contributed by atoms with Crippen LogP contribution in [-0.2, 0) is 9.53 Å². The fourth-order valence-electron chi connectivity index (χ4n) is 1.79. The zero-order valence-corrected chi connectivity index (χ0v) is 9.21. The Labute approximate surface area is 86.0 Å². The van der Waals surface area contributed by atoms with E-state index in [9.17, 15) is 4.79 Å². The van der Waals surface area contributed by atoms with Gasteiger partial charge in [0.2, 0.25) is 0 Å². The van der Waals surface area contributed by atoms with E-state index in [0.29, 0.717) is 13.0 Å². The highest BCUT2D eigenvalue weighted by Gasteiger charge is 2.38. The van der Waals surface area contributed by atoms with E-state index in [-0.39, 0.29) is 17.5 Å². The molecule has 3 nitrogen and oxygen atoms in total. The molecule has 1 saturated carbocycles. The third-order valence-electron chi connectivity index (χ3n) is 3.27. The highest BCUT2D eigenvalue weighted by molar-refractivity contribution is 5.70. The second kappa shape index (κ2) is 4.78. The molecule has 1 rings (SSSR count).